The monoisotopic (exact) mass is 263 g/mol. The van der Waals surface area contributed by atoms with E-state index in [9.17, 15) is 8.42 Å². The highest BCUT2D eigenvalue weighted by Gasteiger charge is 2.29. The molecule has 0 aromatic rings. The lowest BCUT2D eigenvalue weighted by Gasteiger charge is -2.32. The van der Waals surface area contributed by atoms with Gasteiger partial charge in [-0.15, -0.1) is 0 Å². The van der Waals surface area contributed by atoms with Crippen LogP contribution in [0.5, 0.6) is 0 Å². The van der Waals surface area contributed by atoms with Gasteiger partial charge in [0.25, 0.3) is 10.2 Å². The highest BCUT2D eigenvalue weighted by molar-refractivity contribution is 7.87. The van der Waals surface area contributed by atoms with Gasteiger partial charge < -0.3 is 5.73 Å². The average molecular weight is 263 g/mol. The molecule has 1 rings (SSSR count). The zero-order chi connectivity index (χ0) is 13.1. The number of hydrogen-bond donors (Lipinski definition) is 3. The van der Waals surface area contributed by atoms with E-state index in [1.807, 2.05) is 20.8 Å². The zero-order valence-corrected chi connectivity index (χ0v) is 11.8. The summed E-state index contributed by atoms with van der Waals surface area (Å²) in [5.41, 5.74) is 5.22. The molecule has 0 spiro atoms. The molecule has 0 saturated heterocycles. The molecule has 1 aliphatic carbocycles. The molecule has 0 aliphatic heterocycles. The van der Waals surface area contributed by atoms with Gasteiger partial charge in [-0.05, 0) is 46.1 Å². The molecule has 1 fully saturated rings. The van der Waals surface area contributed by atoms with Crippen molar-refractivity contribution >= 4 is 10.2 Å². The van der Waals surface area contributed by atoms with E-state index in [1.165, 1.54) is 0 Å². The molecule has 0 aromatic carbocycles. The standard InChI is InChI=1S/C11H25N3O2S/c1-11(2,3)14-17(15,16)13-10-7-5-4-6-9(10)8-12/h9-10,13-14H,4-8,12H2,1-3H3. The molecular weight excluding hydrogens is 238 g/mol. The second kappa shape index (κ2) is 5.65. The van der Waals surface area contributed by atoms with E-state index in [0.29, 0.717) is 6.54 Å². The fourth-order valence-corrected chi connectivity index (χ4v) is 3.85. The van der Waals surface area contributed by atoms with E-state index in [0.717, 1.165) is 25.7 Å². The normalized spacial score (nSPS) is 27.1. The molecule has 0 bridgehead atoms. The summed E-state index contributed by atoms with van der Waals surface area (Å²) >= 11 is 0. The third kappa shape index (κ3) is 5.33. The first-order valence-electron chi connectivity index (χ1n) is 6.25. The lowest BCUT2D eigenvalue weighted by molar-refractivity contribution is 0.294. The Morgan fingerprint density at radius 1 is 1.24 bits per heavy atom. The van der Waals surface area contributed by atoms with Crippen LogP contribution in [0, 0.1) is 5.92 Å². The molecule has 0 radical (unpaired) electrons. The number of nitrogens with one attached hydrogen (secondary N) is 2. The van der Waals surface area contributed by atoms with Crippen LogP contribution in [-0.4, -0.2) is 26.5 Å². The minimum Gasteiger partial charge on any atom is -0.330 e. The summed E-state index contributed by atoms with van der Waals surface area (Å²) in [6.45, 7) is 6.03. The number of hydrogen-bond acceptors (Lipinski definition) is 3. The average Bonchev–Trinajstić information content (AvgIpc) is 2.14. The van der Waals surface area contributed by atoms with Crippen LogP contribution < -0.4 is 15.2 Å². The molecule has 5 nitrogen and oxygen atoms in total. The Morgan fingerprint density at radius 2 is 1.82 bits per heavy atom. The van der Waals surface area contributed by atoms with Crippen LogP contribution in [0.15, 0.2) is 0 Å². The maximum absolute atomic E-state index is 11.9. The van der Waals surface area contributed by atoms with Crippen molar-refractivity contribution in [2.75, 3.05) is 6.54 Å². The lowest BCUT2D eigenvalue weighted by atomic mass is 9.85. The Balaban J connectivity index is 2.62. The van der Waals surface area contributed by atoms with Gasteiger partial charge in [-0.1, -0.05) is 12.8 Å². The molecule has 4 N–H and O–H groups in total. The van der Waals surface area contributed by atoms with Crippen LogP contribution >= 0.6 is 0 Å². The predicted molar refractivity (Wildman–Crippen MR) is 69.7 cm³/mol. The van der Waals surface area contributed by atoms with E-state index in [2.05, 4.69) is 9.44 Å². The maximum Gasteiger partial charge on any atom is 0.277 e. The second-order valence-electron chi connectivity index (χ2n) is 5.86. The van der Waals surface area contributed by atoms with Gasteiger partial charge in [0.15, 0.2) is 0 Å². The Morgan fingerprint density at radius 3 is 2.35 bits per heavy atom. The molecule has 0 aromatic heterocycles. The minimum absolute atomic E-state index is 0.0198. The molecule has 0 heterocycles. The number of rotatable bonds is 4. The third-order valence-electron chi connectivity index (χ3n) is 2.96. The van der Waals surface area contributed by atoms with Crippen LogP contribution in [0.2, 0.25) is 0 Å². The quantitative estimate of drug-likeness (QED) is 0.699. The van der Waals surface area contributed by atoms with Crippen molar-refractivity contribution in [2.24, 2.45) is 11.7 Å². The minimum atomic E-state index is -3.44. The topological polar surface area (TPSA) is 84.2 Å². The Kier molecular flexibility index (Phi) is 4.95. The molecular formula is C11H25N3O2S. The highest BCUT2D eigenvalue weighted by atomic mass is 32.2. The third-order valence-corrected chi connectivity index (χ3v) is 4.45. The Hall–Kier alpha value is -0.170. The van der Waals surface area contributed by atoms with E-state index in [1.54, 1.807) is 0 Å². The molecule has 0 amide bonds. The van der Waals surface area contributed by atoms with Gasteiger partial charge in [-0.2, -0.15) is 17.9 Å². The fourth-order valence-electron chi connectivity index (χ4n) is 2.28. The molecule has 6 heteroatoms. The second-order valence-corrected chi connectivity index (χ2v) is 7.31. The van der Waals surface area contributed by atoms with Gasteiger partial charge in [0, 0.05) is 11.6 Å². The van der Waals surface area contributed by atoms with Crippen molar-refractivity contribution in [2.45, 2.75) is 58.0 Å². The zero-order valence-electron chi connectivity index (χ0n) is 11.0. The van der Waals surface area contributed by atoms with Crippen molar-refractivity contribution in [3.05, 3.63) is 0 Å². The van der Waals surface area contributed by atoms with Gasteiger partial charge in [-0.25, -0.2) is 0 Å². The van der Waals surface area contributed by atoms with E-state index in [-0.39, 0.29) is 12.0 Å². The van der Waals surface area contributed by atoms with Crippen molar-refractivity contribution in [3.8, 4) is 0 Å². The summed E-state index contributed by atoms with van der Waals surface area (Å²) < 4.78 is 29.2. The molecule has 2 atom stereocenters. The summed E-state index contributed by atoms with van der Waals surface area (Å²) in [7, 11) is -3.44. The van der Waals surface area contributed by atoms with Crippen molar-refractivity contribution in [1.29, 1.82) is 0 Å². The SMILES string of the molecule is CC(C)(C)NS(=O)(=O)NC1CCCCC1CN. The van der Waals surface area contributed by atoms with Crippen LogP contribution in [0.1, 0.15) is 46.5 Å². The van der Waals surface area contributed by atoms with Crippen LogP contribution in [0.25, 0.3) is 0 Å². The van der Waals surface area contributed by atoms with Gasteiger partial charge in [-0.3, -0.25) is 0 Å². The summed E-state index contributed by atoms with van der Waals surface area (Å²) in [6.07, 6.45) is 4.11. The summed E-state index contributed by atoms with van der Waals surface area (Å²) in [5.74, 6) is 0.264. The lowest BCUT2D eigenvalue weighted by Crippen LogP contribution is -2.53. The number of nitrogens with two attached hydrogens (primary N) is 1. The largest absolute Gasteiger partial charge is 0.330 e. The van der Waals surface area contributed by atoms with Crippen LogP contribution in [0.4, 0.5) is 0 Å². The molecule has 2 unspecified atom stereocenters. The highest BCUT2D eigenvalue weighted by Crippen LogP contribution is 2.24. The van der Waals surface area contributed by atoms with Crippen molar-refractivity contribution in [1.82, 2.24) is 9.44 Å². The first-order valence-corrected chi connectivity index (χ1v) is 7.73. The maximum atomic E-state index is 11.9. The summed E-state index contributed by atoms with van der Waals surface area (Å²) in [5, 5.41) is 0. The fraction of sp³-hybridized carbons (Fsp3) is 1.00. The smallest absolute Gasteiger partial charge is 0.277 e. The molecule has 1 aliphatic rings. The van der Waals surface area contributed by atoms with Crippen molar-refractivity contribution in [3.63, 3.8) is 0 Å². The van der Waals surface area contributed by atoms with Gasteiger partial charge >= 0.3 is 0 Å². The van der Waals surface area contributed by atoms with E-state index >= 15 is 0 Å². The van der Waals surface area contributed by atoms with E-state index in [4.69, 9.17) is 5.73 Å². The first kappa shape index (κ1) is 14.9. The van der Waals surface area contributed by atoms with Gasteiger partial charge in [0.1, 0.15) is 0 Å². The summed E-state index contributed by atoms with van der Waals surface area (Å²) in [6, 6.07) is -0.0198. The predicted octanol–water partition coefficient (Wildman–Crippen LogP) is 0.726. The Bertz CT molecular complexity index is 335. The molecule has 1 saturated carbocycles. The molecule has 17 heavy (non-hydrogen) atoms. The van der Waals surface area contributed by atoms with Crippen molar-refractivity contribution < 1.29 is 8.42 Å². The van der Waals surface area contributed by atoms with Gasteiger partial charge in [0.05, 0.1) is 0 Å². The Labute approximate surface area is 105 Å². The first-order chi connectivity index (χ1) is 7.73. The van der Waals surface area contributed by atoms with E-state index < -0.39 is 15.7 Å². The van der Waals surface area contributed by atoms with Gasteiger partial charge in [0.2, 0.25) is 0 Å². The van der Waals surface area contributed by atoms with Crippen LogP contribution in [0.3, 0.4) is 0 Å². The molecule has 102 valence electrons. The summed E-state index contributed by atoms with van der Waals surface area (Å²) in [4.78, 5) is 0. The van der Waals surface area contributed by atoms with Crippen LogP contribution in [-0.2, 0) is 10.2 Å².